The molecule has 1 atom stereocenters. The van der Waals surface area contributed by atoms with Crippen LogP contribution in [0.3, 0.4) is 0 Å². The Kier molecular flexibility index (Phi) is 4.71. The number of aliphatic hydroxyl groups excluding tert-OH is 1. The Morgan fingerprint density at radius 3 is 2.40 bits per heavy atom. The first-order chi connectivity index (χ1) is 9.35. The Balaban J connectivity index is 1.91. The quantitative estimate of drug-likeness (QED) is 0.897. The summed E-state index contributed by atoms with van der Waals surface area (Å²) in [6.07, 6.45) is 0.968. The van der Waals surface area contributed by atoms with Gasteiger partial charge in [0.15, 0.2) is 0 Å². The smallest absolute Gasteiger partial charge is 0.119 e. The molecule has 2 rings (SSSR count). The highest BCUT2D eigenvalue weighted by molar-refractivity contribution is 5.28. The van der Waals surface area contributed by atoms with E-state index in [9.17, 15) is 5.11 Å². The summed E-state index contributed by atoms with van der Waals surface area (Å²) in [7, 11) is 0. The van der Waals surface area contributed by atoms with Crippen molar-refractivity contribution in [2.24, 2.45) is 5.41 Å². The average Bonchev–Trinajstić information content (AvgIpc) is 2.68. The van der Waals surface area contributed by atoms with Gasteiger partial charge < -0.3 is 9.84 Å². The van der Waals surface area contributed by atoms with Gasteiger partial charge in [-0.15, -0.1) is 0 Å². The number of benzene rings is 1. The number of nitrogens with zero attached hydrogens (tertiary/aromatic N) is 1. The number of β-amino-alcohol motifs (C(OH)–C–C–N with tert-alkyl or cyclic N) is 1. The zero-order chi connectivity index (χ0) is 14.8. The van der Waals surface area contributed by atoms with E-state index in [1.54, 1.807) is 0 Å². The van der Waals surface area contributed by atoms with Crippen molar-refractivity contribution in [3.05, 3.63) is 29.8 Å². The van der Waals surface area contributed by atoms with Crippen LogP contribution in [0.1, 0.15) is 45.8 Å². The topological polar surface area (TPSA) is 32.7 Å². The predicted molar refractivity (Wildman–Crippen MR) is 82.0 cm³/mol. The molecule has 1 heterocycles. The summed E-state index contributed by atoms with van der Waals surface area (Å²) in [5, 5.41) is 10.3. The van der Waals surface area contributed by atoms with Crippen LogP contribution in [0.15, 0.2) is 24.3 Å². The molecule has 0 amide bonds. The summed E-state index contributed by atoms with van der Waals surface area (Å²) in [5.74, 6) is 0.859. The van der Waals surface area contributed by atoms with Crippen LogP contribution in [0.2, 0.25) is 0 Å². The average molecular weight is 277 g/mol. The fourth-order valence-electron chi connectivity index (χ4n) is 2.77. The number of rotatable bonds is 5. The molecule has 3 nitrogen and oxygen atoms in total. The molecule has 1 N–H and O–H groups in total. The molecule has 0 spiro atoms. The van der Waals surface area contributed by atoms with Gasteiger partial charge in [-0.1, -0.05) is 26.0 Å². The second kappa shape index (κ2) is 6.15. The maximum atomic E-state index is 10.3. The van der Waals surface area contributed by atoms with Crippen LogP contribution in [-0.4, -0.2) is 35.7 Å². The van der Waals surface area contributed by atoms with E-state index in [0.29, 0.717) is 12.0 Å². The summed E-state index contributed by atoms with van der Waals surface area (Å²) in [4.78, 5) is 2.35. The molecule has 0 aliphatic carbocycles. The third kappa shape index (κ3) is 4.22. The molecular formula is C17H27NO2. The largest absolute Gasteiger partial charge is 0.491 e. The lowest BCUT2D eigenvalue weighted by Gasteiger charge is -2.22. The van der Waals surface area contributed by atoms with Crippen molar-refractivity contribution >= 4 is 0 Å². The summed E-state index contributed by atoms with van der Waals surface area (Å²) in [6, 6.07) is 7.80. The Morgan fingerprint density at radius 1 is 1.25 bits per heavy atom. The molecule has 112 valence electrons. The minimum absolute atomic E-state index is 0.178. The summed E-state index contributed by atoms with van der Waals surface area (Å²) in [5.41, 5.74) is 1.35. The second-order valence-electron chi connectivity index (χ2n) is 6.90. The zero-order valence-corrected chi connectivity index (χ0v) is 13.1. The van der Waals surface area contributed by atoms with Gasteiger partial charge in [-0.2, -0.15) is 0 Å². The van der Waals surface area contributed by atoms with Gasteiger partial charge in [0.05, 0.1) is 12.2 Å². The van der Waals surface area contributed by atoms with Crippen molar-refractivity contribution in [3.8, 4) is 5.75 Å². The lowest BCUT2D eigenvalue weighted by Crippen LogP contribution is -2.28. The minimum Gasteiger partial charge on any atom is -0.491 e. The first-order valence-electron chi connectivity index (χ1n) is 7.53. The molecule has 0 bridgehead atoms. The molecule has 1 aliphatic rings. The van der Waals surface area contributed by atoms with Gasteiger partial charge in [0.25, 0.3) is 0 Å². The summed E-state index contributed by atoms with van der Waals surface area (Å²) >= 11 is 0. The van der Waals surface area contributed by atoms with Gasteiger partial charge in [-0.25, -0.2) is 0 Å². The van der Waals surface area contributed by atoms with E-state index in [1.807, 2.05) is 38.1 Å². The fourth-order valence-corrected chi connectivity index (χ4v) is 2.77. The van der Waals surface area contributed by atoms with Crippen LogP contribution < -0.4 is 4.74 Å². The summed E-state index contributed by atoms with van der Waals surface area (Å²) in [6.45, 7) is 11.5. The normalized spacial score (nSPS) is 20.3. The van der Waals surface area contributed by atoms with Crippen molar-refractivity contribution in [2.75, 3.05) is 19.6 Å². The van der Waals surface area contributed by atoms with Crippen molar-refractivity contribution in [2.45, 2.75) is 46.3 Å². The zero-order valence-electron chi connectivity index (χ0n) is 13.1. The van der Waals surface area contributed by atoms with Gasteiger partial charge in [0, 0.05) is 13.1 Å². The molecule has 0 saturated carbocycles. The number of likely N-dealkylation sites (tertiary alicyclic amines) is 1. The van der Waals surface area contributed by atoms with E-state index in [1.165, 1.54) is 6.42 Å². The maximum absolute atomic E-state index is 10.3. The Labute approximate surface area is 122 Å². The van der Waals surface area contributed by atoms with Gasteiger partial charge in [-0.3, -0.25) is 4.90 Å². The Morgan fingerprint density at radius 2 is 1.90 bits per heavy atom. The fraction of sp³-hybridized carbons (Fsp3) is 0.647. The van der Waals surface area contributed by atoms with Crippen molar-refractivity contribution in [1.82, 2.24) is 4.90 Å². The molecule has 1 aliphatic heterocycles. The molecule has 0 aromatic heterocycles. The highest BCUT2D eigenvalue weighted by Gasteiger charge is 2.30. The van der Waals surface area contributed by atoms with Gasteiger partial charge in [0.1, 0.15) is 5.75 Å². The van der Waals surface area contributed by atoms with E-state index < -0.39 is 6.10 Å². The maximum Gasteiger partial charge on any atom is 0.119 e. The molecule has 20 heavy (non-hydrogen) atoms. The van der Waals surface area contributed by atoms with Gasteiger partial charge in [-0.05, 0) is 49.9 Å². The van der Waals surface area contributed by atoms with E-state index in [4.69, 9.17) is 4.74 Å². The third-order valence-corrected chi connectivity index (χ3v) is 3.82. The third-order valence-electron chi connectivity index (χ3n) is 3.82. The molecule has 1 aromatic carbocycles. The monoisotopic (exact) mass is 277 g/mol. The van der Waals surface area contributed by atoms with Crippen molar-refractivity contribution < 1.29 is 9.84 Å². The molecular weight excluding hydrogens is 250 g/mol. The SMILES string of the molecule is CC(C)Oc1ccc(C(O)CN2CCC(C)(C)C2)cc1. The van der Waals surface area contributed by atoms with Crippen LogP contribution in [-0.2, 0) is 0 Å². The summed E-state index contributed by atoms with van der Waals surface area (Å²) < 4.78 is 5.62. The van der Waals surface area contributed by atoms with Gasteiger partial charge >= 0.3 is 0 Å². The highest BCUT2D eigenvalue weighted by atomic mass is 16.5. The lowest BCUT2D eigenvalue weighted by molar-refractivity contribution is 0.121. The number of aliphatic hydroxyl groups is 1. The molecule has 1 fully saturated rings. The first-order valence-corrected chi connectivity index (χ1v) is 7.53. The van der Waals surface area contributed by atoms with E-state index >= 15 is 0 Å². The lowest BCUT2D eigenvalue weighted by atomic mass is 9.93. The molecule has 1 aromatic rings. The van der Waals surface area contributed by atoms with E-state index in [2.05, 4.69) is 18.7 Å². The van der Waals surface area contributed by atoms with Crippen molar-refractivity contribution in [1.29, 1.82) is 0 Å². The van der Waals surface area contributed by atoms with Crippen LogP contribution in [0.4, 0.5) is 0 Å². The van der Waals surface area contributed by atoms with E-state index in [0.717, 1.165) is 24.4 Å². The predicted octanol–water partition coefficient (Wildman–Crippen LogP) is 3.24. The first kappa shape index (κ1) is 15.3. The molecule has 1 unspecified atom stereocenters. The van der Waals surface area contributed by atoms with Crippen LogP contribution in [0.5, 0.6) is 5.75 Å². The number of hydrogen-bond donors (Lipinski definition) is 1. The Hall–Kier alpha value is -1.06. The van der Waals surface area contributed by atoms with Crippen LogP contribution >= 0.6 is 0 Å². The highest BCUT2D eigenvalue weighted by Crippen LogP contribution is 2.30. The van der Waals surface area contributed by atoms with Gasteiger partial charge in [0.2, 0.25) is 0 Å². The van der Waals surface area contributed by atoms with E-state index in [-0.39, 0.29) is 6.10 Å². The molecule has 0 radical (unpaired) electrons. The number of ether oxygens (including phenoxy) is 1. The van der Waals surface area contributed by atoms with Crippen LogP contribution in [0, 0.1) is 5.41 Å². The van der Waals surface area contributed by atoms with Crippen molar-refractivity contribution in [3.63, 3.8) is 0 Å². The minimum atomic E-state index is -0.419. The van der Waals surface area contributed by atoms with Crippen LogP contribution in [0.25, 0.3) is 0 Å². The molecule has 1 saturated heterocycles. The standard InChI is InChI=1S/C17H27NO2/c1-13(2)20-15-7-5-14(6-8-15)16(19)11-18-10-9-17(3,4)12-18/h5-8,13,16,19H,9-12H2,1-4H3. The number of hydrogen-bond acceptors (Lipinski definition) is 3. The molecule has 3 heteroatoms. The second-order valence-corrected chi connectivity index (χ2v) is 6.90. The Bertz CT molecular complexity index is 425.